The van der Waals surface area contributed by atoms with Crippen molar-refractivity contribution in [3.8, 4) is 5.75 Å². The van der Waals surface area contributed by atoms with Crippen molar-refractivity contribution in [3.63, 3.8) is 0 Å². The normalized spacial score (nSPS) is 14.1. The Morgan fingerprint density at radius 2 is 1.90 bits per heavy atom. The summed E-state index contributed by atoms with van der Waals surface area (Å²) in [4.78, 5) is 24.2. The van der Waals surface area contributed by atoms with Crippen LogP contribution in [-0.2, 0) is 11.2 Å². The summed E-state index contributed by atoms with van der Waals surface area (Å²) < 4.78 is 5.52. The number of carbonyl (C=O) groups is 1. The fraction of sp³-hybridized carbons (Fsp3) is 0.455. The average molecular weight is 558 g/mol. The number of ether oxygens (including phenoxy) is 1. The SMILES string of the molecule is COc1ccccc1N1CCN(C(=NCC(=O)N(C)C)NCCc2cccs2)CC1.I. The van der Waals surface area contributed by atoms with Gasteiger partial charge in [-0.2, -0.15) is 0 Å². The number of thiophene rings is 1. The van der Waals surface area contributed by atoms with E-state index in [0.717, 1.165) is 56.5 Å². The average Bonchev–Trinajstić information content (AvgIpc) is 3.29. The summed E-state index contributed by atoms with van der Waals surface area (Å²) in [6.07, 6.45) is 0.944. The maximum atomic E-state index is 12.1. The van der Waals surface area contributed by atoms with Gasteiger partial charge >= 0.3 is 0 Å². The van der Waals surface area contributed by atoms with E-state index in [1.54, 1.807) is 37.4 Å². The van der Waals surface area contributed by atoms with Gasteiger partial charge in [-0.15, -0.1) is 35.3 Å². The van der Waals surface area contributed by atoms with Crippen molar-refractivity contribution in [2.75, 3.05) is 65.4 Å². The van der Waals surface area contributed by atoms with Crippen LogP contribution in [-0.4, -0.2) is 82.1 Å². The highest BCUT2D eigenvalue weighted by Crippen LogP contribution is 2.28. The van der Waals surface area contributed by atoms with Crippen molar-refractivity contribution < 1.29 is 9.53 Å². The standard InChI is InChI=1S/C22H31N5O2S.HI/c1-25(2)21(28)17-24-22(23-11-10-18-7-6-16-30-18)27-14-12-26(13-15-27)19-8-4-5-9-20(19)29-3;/h4-9,16H,10-15,17H2,1-3H3,(H,23,24);1H. The number of likely N-dealkylation sites (N-methyl/N-ethyl adjacent to an activating group) is 1. The number of aliphatic imine (C=N–C) groups is 1. The number of para-hydroxylation sites is 2. The first kappa shape index (κ1) is 25.3. The molecular weight excluding hydrogens is 525 g/mol. The minimum atomic E-state index is 0. The van der Waals surface area contributed by atoms with E-state index in [1.165, 1.54) is 4.88 Å². The van der Waals surface area contributed by atoms with Gasteiger partial charge in [-0.25, -0.2) is 4.99 Å². The first-order chi connectivity index (χ1) is 14.6. The molecule has 1 fully saturated rings. The van der Waals surface area contributed by atoms with E-state index in [4.69, 9.17) is 4.74 Å². The number of halogens is 1. The van der Waals surface area contributed by atoms with Crippen LogP contribution < -0.4 is 15.0 Å². The first-order valence-electron chi connectivity index (χ1n) is 10.2. The lowest BCUT2D eigenvalue weighted by molar-refractivity contribution is -0.127. The van der Waals surface area contributed by atoms with Gasteiger partial charge in [0.1, 0.15) is 12.3 Å². The molecule has 1 aromatic carbocycles. The van der Waals surface area contributed by atoms with Crippen molar-refractivity contribution in [2.45, 2.75) is 6.42 Å². The lowest BCUT2D eigenvalue weighted by atomic mass is 10.2. The summed E-state index contributed by atoms with van der Waals surface area (Å²) in [5.74, 6) is 1.70. The zero-order valence-electron chi connectivity index (χ0n) is 18.4. The highest BCUT2D eigenvalue weighted by molar-refractivity contribution is 14.0. The number of carbonyl (C=O) groups excluding carboxylic acids is 1. The lowest BCUT2D eigenvalue weighted by Crippen LogP contribution is -2.53. The third-order valence-electron chi connectivity index (χ3n) is 5.10. The molecule has 0 unspecified atom stereocenters. The molecule has 0 radical (unpaired) electrons. The summed E-state index contributed by atoms with van der Waals surface area (Å²) in [5.41, 5.74) is 1.12. The van der Waals surface area contributed by atoms with Gasteiger partial charge in [0.05, 0.1) is 12.8 Å². The van der Waals surface area contributed by atoms with Crippen LogP contribution in [0.15, 0.2) is 46.8 Å². The minimum absolute atomic E-state index is 0. The van der Waals surface area contributed by atoms with Crippen LogP contribution in [0.2, 0.25) is 0 Å². The molecule has 7 nitrogen and oxygen atoms in total. The van der Waals surface area contributed by atoms with E-state index in [1.807, 2.05) is 18.2 Å². The van der Waals surface area contributed by atoms with E-state index >= 15 is 0 Å². The second kappa shape index (κ2) is 12.7. The third kappa shape index (κ3) is 7.27. The maximum absolute atomic E-state index is 12.1. The van der Waals surface area contributed by atoms with Gasteiger partial charge in [-0.3, -0.25) is 4.79 Å². The number of rotatable bonds is 7. The number of methoxy groups -OCH3 is 1. The van der Waals surface area contributed by atoms with Gasteiger partial charge in [-0.1, -0.05) is 18.2 Å². The summed E-state index contributed by atoms with van der Waals surface area (Å²) in [6.45, 7) is 4.35. The van der Waals surface area contributed by atoms with E-state index < -0.39 is 0 Å². The number of nitrogens with zero attached hydrogens (tertiary/aromatic N) is 4. The molecule has 1 aromatic heterocycles. The molecule has 0 bridgehead atoms. The number of amides is 1. The van der Waals surface area contributed by atoms with Crippen LogP contribution in [0.5, 0.6) is 5.75 Å². The molecule has 1 N–H and O–H groups in total. The molecule has 2 heterocycles. The van der Waals surface area contributed by atoms with Gasteiger partial charge < -0.3 is 24.8 Å². The van der Waals surface area contributed by atoms with Crippen LogP contribution in [0, 0.1) is 0 Å². The molecule has 1 saturated heterocycles. The molecule has 31 heavy (non-hydrogen) atoms. The Bertz CT molecular complexity index is 836. The Labute approximate surface area is 206 Å². The van der Waals surface area contributed by atoms with E-state index in [9.17, 15) is 4.79 Å². The van der Waals surface area contributed by atoms with Gasteiger partial charge in [0.15, 0.2) is 5.96 Å². The minimum Gasteiger partial charge on any atom is -0.495 e. The molecular formula is C22H32IN5O2S. The summed E-state index contributed by atoms with van der Waals surface area (Å²) in [7, 11) is 5.22. The predicted molar refractivity (Wildman–Crippen MR) is 139 cm³/mol. The molecule has 0 spiro atoms. The van der Waals surface area contributed by atoms with E-state index in [-0.39, 0.29) is 36.4 Å². The van der Waals surface area contributed by atoms with Gasteiger partial charge in [-0.05, 0) is 30.0 Å². The number of nitrogens with one attached hydrogen (secondary N) is 1. The zero-order chi connectivity index (χ0) is 21.3. The Hall–Kier alpha value is -2.01. The molecule has 0 saturated carbocycles. The number of hydrogen-bond acceptors (Lipinski definition) is 5. The van der Waals surface area contributed by atoms with Crippen molar-refractivity contribution in [1.29, 1.82) is 0 Å². The zero-order valence-corrected chi connectivity index (χ0v) is 21.6. The number of piperazine rings is 1. The molecule has 2 aromatic rings. The van der Waals surface area contributed by atoms with Gasteiger partial charge in [0.2, 0.25) is 5.91 Å². The van der Waals surface area contributed by atoms with Crippen molar-refractivity contribution in [3.05, 3.63) is 46.7 Å². The molecule has 9 heteroatoms. The van der Waals surface area contributed by atoms with E-state index in [0.29, 0.717) is 0 Å². The summed E-state index contributed by atoms with van der Waals surface area (Å²) in [5, 5.41) is 5.56. The Balaban J connectivity index is 0.00000341. The maximum Gasteiger partial charge on any atom is 0.243 e. The smallest absolute Gasteiger partial charge is 0.243 e. The Morgan fingerprint density at radius 1 is 1.16 bits per heavy atom. The monoisotopic (exact) mass is 557 g/mol. The predicted octanol–water partition coefficient (Wildman–Crippen LogP) is 2.77. The number of guanidine groups is 1. The summed E-state index contributed by atoms with van der Waals surface area (Å²) >= 11 is 1.76. The van der Waals surface area contributed by atoms with Gasteiger partial charge in [0.25, 0.3) is 0 Å². The van der Waals surface area contributed by atoms with E-state index in [2.05, 4.69) is 43.7 Å². The Kier molecular flexibility index (Phi) is 10.4. The quantitative estimate of drug-likeness (QED) is 0.323. The number of anilines is 1. The highest BCUT2D eigenvalue weighted by atomic mass is 127. The molecule has 0 aliphatic carbocycles. The van der Waals surface area contributed by atoms with Crippen LogP contribution in [0.3, 0.4) is 0 Å². The molecule has 0 atom stereocenters. The molecule has 170 valence electrons. The fourth-order valence-corrected chi connectivity index (χ4v) is 4.06. The lowest BCUT2D eigenvalue weighted by Gasteiger charge is -2.38. The molecule has 3 rings (SSSR count). The van der Waals surface area contributed by atoms with Crippen LogP contribution >= 0.6 is 35.3 Å². The second-order valence-electron chi connectivity index (χ2n) is 7.33. The molecule has 1 amide bonds. The van der Waals surface area contributed by atoms with Crippen LogP contribution in [0.25, 0.3) is 0 Å². The Morgan fingerprint density at radius 3 is 2.55 bits per heavy atom. The topological polar surface area (TPSA) is 60.4 Å². The van der Waals surface area contributed by atoms with Crippen molar-refractivity contribution >= 4 is 52.9 Å². The highest BCUT2D eigenvalue weighted by Gasteiger charge is 2.22. The van der Waals surface area contributed by atoms with Gasteiger partial charge in [0, 0.05) is 51.7 Å². The third-order valence-corrected chi connectivity index (χ3v) is 6.04. The largest absolute Gasteiger partial charge is 0.495 e. The number of hydrogen-bond donors (Lipinski definition) is 1. The van der Waals surface area contributed by atoms with Crippen molar-refractivity contribution in [1.82, 2.24) is 15.1 Å². The van der Waals surface area contributed by atoms with Crippen LogP contribution in [0.4, 0.5) is 5.69 Å². The van der Waals surface area contributed by atoms with Crippen LogP contribution in [0.1, 0.15) is 4.88 Å². The second-order valence-corrected chi connectivity index (χ2v) is 8.36. The molecule has 1 aliphatic rings. The number of benzene rings is 1. The fourth-order valence-electron chi connectivity index (χ4n) is 3.35. The first-order valence-corrected chi connectivity index (χ1v) is 11.1. The van der Waals surface area contributed by atoms with Crippen molar-refractivity contribution in [2.24, 2.45) is 4.99 Å². The molecule has 1 aliphatic heterocycles. The summed E-state index contributed by atoms with van der Waals surface area (Å²) in [6, 6.07) is 12.3.